The Hall–Kier alpha value is -0.240. The summed E-state index contributed by atoms with van der Waals surface area (Å²) < 4.78 is 0. The van der Waals surface area contributed by atoms with E-state index in [-0.39, 0.29) is 5.92 Å². The van der Waals surface area contributed by atoms with E-state index in [1.807, 2.05) is 20.8 Å². The Morgan fingerprint density at radius 3 is 2.47 bits per heavy atom. The summed E-state index contributed by atoms with van der Waals surface area (Å²) in [6.07, 6.45) is 0.518. The van der Waals surface area contributed by atoms with Crippen LogP contribution in [0.5, 0.6) is 0 Å². The third kappa shape index (κ3) is 3.37. The molecule has 0 heterocycles. The van der Waals surface area contributed by atoms with Crippen LogP contribution in [0.25, 0.3) is 0 Å². The van der Waals surface area contributed by atoms with Crippen molar-refractivity contribution in [2.75, 3.05) is 0 Å². The van der Waals surface area contributed by atoms with E-state index in [0.29, 0.717) is 16.5 Å². The summed E-state index contributed by atoms with van der Waals surface area (Å²) in [5.41, 5.74) is 0.136. The molecule has 1 unspecified atom stereocenters. The molecule has 0 amide bonds. The molecule has 0 radical (unpaired) electrons. The lowest BCUT2D eigenvalue weighted by molar-refractivity contribution is 0.0140. The number of aliphatic hydroxyl groups is 1. The minimum absolute atomic E-state index is 0.174. The molecule has 1 aromatic carbocycles. The topological polar surface area (TPSA) is 20.2 Å². The zero-order chi connectivity index (χ0) is 11.6. The van der Waals surface area contributed by atoms with Gasteiger partial charge in [0.25, 0.3) is 0 Å². The van der Waals surface area contributed by atoms with Crippen LogP contribution in [0.1, 0.15) is 26.3 Å². The lowest BCUT2D eigenvalue weighted by atomic mass is 9.86. The molecule has 1 nitrogen and oxygen atoms in total. The Kier molecular flexibility index (Phi) is 4.05. The van der Waals surface area contributed by atoms with Crippen LogP contribution in [0, 0.1) is 5.92 Å². The standard InChI is InChI=1S/C12H16Cl2O/c1-8(2)12(3,15)7-9-6-10(13)4-5-11(9)14/h4-6,8,15H,7H2,1-3H3. The van der Waals surface area contributed by atoms with Crippen molar-refractivity contribution in [1.29, 1.82) is 0 Å². The second-order valence-corrected chi connectivity index (χ2v) is 5.27. The lowest BCUT2D eigenvalue weighted by Crippen LogP contribution is -2.33. The summed E-state index contributed by atoms with van der Waals surface area (Å²) in [4.78, 5) is 0. The van der Waals surface area contributed by atoms with E-state index in [2.05, 4.69) is 0 Å². The quantitative estimate of drug-likeness (QED) is 0.857. The fourth-order valence-corrected chi connectivity index (χ4v) is 1.65. The second kappa shape index (κ2) is 4.73. The van der Waals surface area contributed by atoms with Gasteiger partial charge in [0.05, 0.1) is 5.60 Å². The Balaban J connectivity index is 2.94. The molecule has 0 saturated heterocycles. The molecule has 0 fully saturated rings. The van der Waals surface area contributed by atoms with E-state index in [1.54, 1.807) is 18.2 Å². The number of halogens is 2. The minimum atomic E-state index is -0.756. The van der Waals surface area contributed by atoms with Crippen LogP contribution in [-0.2, 0) is 6.42 Å². The van der Waals surface area contributed by atoms with Gasteiger partial charge in [0.15, 0.2) is 0 Å². The highest BCUT2D eigenvalue weighted by Crippen LogP contribution is 2.27. The summed E-state index contributed by atoms with van der Waals surface area (Å²) in [6, 6.07) is 5.31. The highest BCUT2D eigenvalue weighted by atomic mass is 35.5. The largest absolute Gasteiger partial charge is 0.390 e. The van der Waals surface area contributed by atoms with Gasteiger partial charge in [-0.2, -0.15) is 0 Å². The molecule has 0 saturated carbocycles. The summed E-state index contributed by atoms with van der Waals surface area (Å²) in [5, 5.41) is 11.5. The maximum Gasteiger partial charge on any atom is 0.0683 e. The van der Waals surface area contributed by atoms with Crippen molar-refractivity contribution in [3.8, 4) is 0 Å². The van der Waals surface area contributed by atoms with Gasteiger partial charge >= 0.3 is 0 Å². The maximum atomic E-state index is 10.2. The zero-order valence-corrected chi connectivity index (χ0v) is 10.7. The predicted octanol–water partition coefficient (Wildman–Crippen LogP) is 3.94. The molecule has 3 heteroatoms. The fraction of sp³-hybridized carbons (Fsp3) is 0.500. The maximum absolute atomic E-state index is 10.2. The lowest BCUT2D eigenvalue weighted by Gasteiger charge is -2.28. The Labute approximate surface area is 101 Å². The average molecular weight is 247 g/mol. The van der Waals surface area contributed by atoms with Gasteiger partial charge in [0, 0.05) is 16.5 Å². The summed E-state index contributed by atoms with van der Waals surface area (Å²) in [7, 11) is 0. The molecular weight excluding hydrogens is 231 g/mol. The molecule has 0 bridgehead atoms. The zero-order valence-electron chi connectivity index (χ0n) is 9.22. The normalized spacial score (nSPS) is 15.4. The van der Waals surface area contributed by atoms with Crippen molar-refractivity contribution in [2.45, 2.75) is 32.8 Å². The number of hydrogen-bond donors (Lipinski definition) is 1. The Morgan fingerprint density at radius 2 is 1.93 bits per heavy atom. The highest BCUT2D eigenvalue weighted by Gasteiger charge is 2.26. The van der Waals surface area contributed by atoms with Crippen molar-refractivity contribution < 1.29 is 5.11 Å². The van der Waals surface area contributed by atoms with Crippen LogP contribution in [0.3, 0.4) is 0 Å². The van der Waals surface area contributed by atoms with Gasteiger partial charge in [-0.3, -0.25) is 0 Å². The molecule has 1 N–H and O–H groups in total. The molecule has 1 rings (SSSR count). The third-order valence-corrected chi connectivity index (χ3v) is 3.40. The first-order valence-electron chi connectivity index (χ1n) is 4.99. The van der Waals surface area contributed by atoms with Crippen LogP contribution in [0.15, 0.2) is 18.2 Å². The van der Waals surface area contributed by atoms with Gasteiger partial charge in [0.2, 0.25) is 0 Å². The predicted molar refractivity (Wildman–Crippen MR) is 65.6 cm³/mol. The van der Waals surface area contributed by atoms with Gasteiger partial charge in [-0.05, 0) is 36.6 Å². The first-order chi connectivity index (χ1) is 6.83. The first kappa shape index (κ1) is 12.8. The molecule has 84 valence electrons. The molecule has 0 aromatic heterocycles. The smallest absolute Gasteiger partial charge is 0.0683 e. The van der Waals surface area contributed by atoms with E-state index in [1.165, 1.54) is 0 Å². The van der Waals surface area contributed by atoms with Gasteiger partial charge in [-0.1, -0.05) is 37.0 Å². The Morgan fingerprint density at radius 1 is 1.33 bits per heavy atom. The summed E-state index contributed by atoms with van der Waals surface area (Å²) >= 11 is 11.9. The van der Waals surface area contributed by atoms with E-state index < -0.39 is 5.60 Å². The van der Waals surface area contributed by atoms with Gasteiger partial charge in [-0.25, -0.2) is 0 Å². The number of rotatable bonds is 3. The second-order valence-electron chi connectivity index (χ2n) is 4.42. The molecule has 0 spiro atoms. The average Bonchev–Trinajstić information content (AvgIpc) is 2.10. The van der Waals surface area contributed by atoms with E-state index in [4.69, 9.17) is 23.2 Å². The van der Waals surface area contributed by atoms with Crippen molar-refractivity contribution >= 4 is 23.2 Å². The monoisotopic (exact) mass is 246 g/mol. The van der Waals surface area contributed by atoms with Gasteiger partial charge in [0.1, 0.15) is 0 Å². The molecule has 0 aliphatic rings. The van der Waals surface area contributed by atoms with Crippen LogP contribution in [0.2, 0.25) is 10.0 Å². The molecule has 1 aromatic rings. The minimum Gasteiger partial charge on any atom is -0.390 e. The van der Waals surface area contributed by atoms with Gasteiger partial charge < -0.3 is 5.11 Å². The van der Waals surface area contributed by atoms with Crippen molar-refractivity contribution in [3.63, 3.8) is 0 Å². The van der Waals surface area contributed by atoms with Crippen molar-refractivity contribution in [3.05, 3.63) is 33.8 Å². The summed E-state index contributed by atoms with van der Waals surface area (Å²) in [5.74, 6) is 0.174. The van der Waals surface area contributed by atoms with Crippen LogP contribution in [0.4, 0.5) is 0 Å². The number of hydrogen-bond acceptors (Lipinski definition) is 1. The molecular formula is C12H16Cl2O. The first-order valence-corrected chi connectivity index (χ1v) is 5.75. The van der Waals surface area contributed by atoms with Crippen LogP contribution >= 0.6 is 23.2 Å². The highest BCUT2D eigenvalue weighted by molar-refractivity contribution is 6.33. The third-order valence-electron chi connectivity index (χ3n) is 2.80. The molecule has 0 aliphatic carbocycles. The summed E-state index contributed by atoms with van der Waals surface area (Å²) in [6.45, 7) is 5.78. The van der Waals surface area contributed by atoms with Crippen LogP contribution in [-0.4, -0.2) is 10.7 Å². The number of benzene rings is 1. The molecule has 1 atom stereocenters. The fourth-order valence-electron chi connectivity index (χ4n) is 1.27. The molecule has 15 heavy (non-hydrogen) atoms. The molecule has 0 aliphatic heterocycles. The van der Waals surface area contributed by atoms with E-state index >= 15 is 0 Å². The SMILES string of the molecule is CC(C)C(C)(O)Cc1cc(Cl)ccc1Cl. The van der Waals surface area contributed by atoms with E-state index in [9.17, 15) is 5.11 Å². The van der Waals surface area contributed by atoms with Gasteiger partial charge in [-0.15, -0.1) is 0 Å². The van der Waals surface area contributed by atoms with Crippen LogP contribution < -0.4 is 0 Å². The Bertz CT molecular complexity index is 345. The van der Waals surface area contributed by atoms with Crippen molar-refractivity contribution in [2.24, 2.45) is 5.92 Å². The van der Waals surface area contributed by atoms with E-state index in [0.717, 1.165) is 5.56 Å². The van der Waals surface area contributed by atoms with Crippen molar-refractivity contribution in [1.82, 2.24) is 0 Å².